The number of nitrogens with zero attached hydrogens (tertiary/aromatic N) is 5. The molecule has 2 aromatic carbocycles. The van der Waals surface area contributed by atoms with Gasteiger partial charge in [-0.25, -0.2) is 9.97 Å². The lowest BCUT2D eigenvalue weighted by atomic mass is 10.2. The van der Waals surface area contributed by atoms with Crippen LogP contribution in [0.2, 0.25) is 5.02 Å². The fraction of sp³-hybridized carbons (Fsp3) is 0.217. The van der Waals surface area contributed by atoms with Crippen LogP contribution in [0.15, 0.2) is 48.9 Å². The topological polar surface area (TPSA) is 114 Å². The first-order chi connectivity index (χ1) is 16.1. The van der Waals surface area contributed by atoms with Gasteiger partial charge < -0.3 is 20.1 Å². The van der Waals surface area contributed by atoms with Crippen molar-refractivity contribution in [1.82, 2.24) is 35.0 Å². The quantitative estimate of drug-likeness (QED) is 0.300. The number of nitrogens with one attached hydrogen (secondary N) is 2. The molecule has 5 rings (SSSR count). The lowest BCUT2D eigenvalue weighted by Crippen LogP contribution is -2.23. The summed E-state index contributed by atoms with van der Waals surface area (Å²) in [4.78, 5) is 16.9. The molecule has 3 N–H and O–H groups in total. The maximum absolute atomic E-state index is 8.85. The molecule has 0 spiro atoms. The Hall–Kier alpha value is -3.53. The molecule has 33 heavy (non-hydrogen) atoms. The Morgan fingerprint density at radius 3 is 2.88 bits per heavy atom. The minimum absolute atomic E-state index is 0.112. The summed E-state index contributed by atoms with van der Waals surface area (Å²) < 4.78 is 7.88. The number of hydrogen-bond donors (Lipinski definition) is 3. The van der Waals surface area contributed by atoms with Crippen LogP contribution in [-0.2, 0) is 6.54 Å². The van der Waals surface area contributed by atoms with E-state index in [1.807, 2.05) is 42.1 Å². The third kappa shape index (κ3) is 4.51. The van der Waals surface area contributed by atoms with E-state index in [0.717, 1.165) is 22.4 Å². The number of aliphatic hydroxyl groups is 1. The van der Waals surface area contributed by atoms with Crippen molar-refractivity contribution in [3.8, 4) is 22.8 Å². The van der Waals surface area contributed by atoms with Crippen molar-refractivity contribution in [2.24, 2.45) is 0 Å². The monoisotopic (exact) mass is 463 g/mol. The Morgan fingerprint density at radius 1 is 1.12 bits per heavy atom. The molecule has 3 heterocycles. The summed E-state index contributed by atoms with van der Waals surface area (Å²) in [7, 11) is 0. The van der Waals surface area contributed by atoms with Crippen LogP contribution in [0.3, 0.4) is 0 Å². The molecule has 3 aromatic heterocycles. The van der Waals surface area contributed by atoms with E-state index < -0.39 is 0 Å². The first-order valence-corrected chi connectivity index (χ1v) is 10.9. The number of ether oxygens (including phenoxy) is 1. The van der Waals surface area contributed by atoms with Crippen LogP contribution in [0.25, 0.3) is 33.3 Å². The molecule has 0 saturated heterocycles. The van der Waals surface area contributed by atoms with Crippen molar-refractivity contribution in [2.45, 2.75) is 13.5 Å². The second-order valence-corrected chi connectivity index (χ2v) is 7.95. The molecule has 0 aliphatic carbocycles. The smallest absolute Gasteiger partial charge is 0.148 e. The highest BCUT2D eigenvalue weighted by Crippen LogP contribution is 2.35. The molecule has 5 aromatic rings. The number of aliphatic hydroxyl groups excluding tert-OH is 1. The maximum atomic E-state index is 8.85. The van der Waals surface area contributed by atoms with E-state index in [0.29, 0.717) is 52.9 Å². The standard InChI is InChI=1S/C23H22ClN7O2/c1-14-28-17-3-2-16(10-19(17)29-14)33-21-5-4-18-23(22(21)24)30-20(12-26-18)15-11-27-31(13-15)8-6-25-7-9-32/h2-5,10-13,25,32H,6-9H2,1H3,(H,28,29). The summed E-state index contributed by atoms with van der Waals surface area (Å²) in [6.45, 7) is 3.97. The molecule has 9 nitrogen and oxygen atoms in total. The number of aryl methyl sites for hydroxylation is 1. The molecular weight excluding hydrogens is 442 g/mol. The van der Waals surface area contributed by atoms with Crippen molar-refractivity contribution in [2.75, 3.05) is 19.7 Å². The first kappa shape index (κ1) is 21.3. The highest BCUT2D eigenvalue weighted by molar-refractivity contribution is 6.36. The fourth-order valence-electron chi connectivity index (χ4n) is 3.57. The van der Waals surface area contributed by atoms with Crippen molar-refractivity contribution in [3.63, 3.8) is 0 Å². The zero-order valence-electron chi connectivity index (χ0n) is 17.9. The molecule has 0 unspecified atom stereocenters. The van der Waals surface area contributed by atoms with Gasteiger partial charge in [0.05, 0.1) is 47.8 Å². The van der Waals surface area contributed by atoms with Gasteiger partial charge in [0.2, 0.25) is 0 Å². The Kier molecular flexibility index (Phi) is 5.91. The van der Waals surface area contributed by atoms with Crippen molar-refractivity contribution < 1.29 is 9.84 Å². The highest BCUT2D eigenvalue weighted by Gasteiger charge is 2.13. The van der Waals surface area contributed by atoms with Gasteiger partial charge in [-0.3, -0.25) is 9.67 Å². The minimum Gasteiger partial charge on any atom is -0.456 e. The summed E-state index contributed by atoms with van der Waals surface area (Å²) in [5, 5.41) is 16.7. The normalized spacial score (nSPS) is 11.5. The van der Waals surface area contributed by atoms with Gasteiger partial charge in [0.1, 0.15) is 27.9 Å². The van der Waals surface area contributed by atoms with Crippen LogP contribution in [0.4, 0.5) is 0 Å². The van der Waals surface area contributed by atoms with E-state index in [1.54, 1.807) is 18.5 Å². The van der Waals surface area contributed by atoms with Gasteiger partial charge in [-0.2, -0.15) is 5.10 Å². The highest BCUT2D eigenvalue weighted by atomic mass is 35.5. The average molecular weight is 464 g/mol. The summed E-state index contributed by atoms with van der Waals surface area (Å²) in [5.74, 6) is 1.99. The third-order valence-electron chi connectivity index (χ3n) is 5.15. The van der Waals surface area contributed by atoms with Crippen LogP contribution < -0.4 is 10.1 Å². The van der Waals surface area contributed by atoms with E-state index in [4.69, 9.17) is 26.4 Å². The third-order valence-corrected chi connectivity index (χ3v) is 5.52. The summed E-state index contributed by atoms with van der Waals surface area (Å²) in [6.07, 6.45) is 5.36. The lowest BCUT2D eigenvalue weighted by molar-refractivity contribution is 0.291. The molecule has 0 amide bonds. The van der Waals surface area contributed by atoms with Gasteiger partial charge in [-0.15, -0.1) is 0 Å². The number of halogens is 1. The van der Waals surface area contributed by atoms with Crippen molar-refractivity contribution in [1.29, 1.82) is 0 Å². The van der Waals surface area contributed by atoms with Gasteiger partial charge in [0.25, 0.3) is 0 Å². The Morgan fingerprint density at radius 2 is 2.00 bits per heavy atom. The Balaban J connectivity index is 1.40. The molecule has 0 radical (unpaired) electrons. The minimum atomic E-state index is 0.112. The number of imidazole rings is 1. The zero-order chi connectivity index (χ0) is 22.8. The van der Waals surface area contributed by atoms with Gasteiger partial charge in [0, 0.05) is 30.9 Å². The number of rotatable bonds is 8. The Bertz CT molecular complexity index is 1430. The number of aromatic amines is 1. The van der Waals surface area contributed by atoms with Crippen LogP contribution in [0, 0.1) is 6.92 Å². The number of H-pyrrole nitrogens is 1. The number of fused-ring (bicyclic) bond motifs is 2. The SMILES string of the molecule is Cc1nc2ccc(Oc3ccc4ncc(-c5cnn(CCNCCO)c5)nc4c3Cl)cc2[nH]1. The molecular formula is C23H22ClN7O2. The van der Waals surface area contributed by atoms with Gasteiger partial charge in [-0.05, 0) is 31.2 Å². The van der Waals surface area contributed by atoms with Crippen LogP contribution in [-0.4, -0.2) is 54.5 Å². The first-order valence-electron chi connectivity index (χ1n) is 10.5. The van der Waals surface area contributed by atoms with E-state index in [9.17, 15) is 0 Å². The second kappa shape index (κ2) is 9.14. The van der Waals surface area contributed by atoms with E-state index in [2.05, 4.69) is 25.4 Å². The van der Waals surface area contributed by atoms with Crippen LogP contribution >= 0.6 is 11.6 Å². The molecule has 0 aliphatic rings. The van der Waals surface area contributed by atoms with Crippen LogP contribution in [0.1, 0.15) is 5.82 Å². The molecule has 0 fully saturated rings. The van der Waals surface area contributed by atoms with E-state index in [-0.39, 0.29) is 6.61 Å². The van der Waals surface area contributed by atoms with E-state index >= 15 is 0 Å². The van der Waals surface area contributed by atoms with Gasteiger partial charge in [-0.1, -0.05) is 11.6 Å². The molecule has 0 aliphatic heterocycles. The second-order valence-electron chi connectivity index (χ2n) is 7.57. The number of hydrogen-bond acceptors (Lipinski definition) is 7. The molecule has 168 valence electrons. The summed E-state index contributed by atoms with van der Waals surface area (Å²) in [6, 6.07) is 9.27. The Labute approximate surface area is 194 Å². The number of aromatic nitrogens is 6. The average Bonchev–Trinajstić information content (AvgIpc) is 3.44. The van der Waals surface area contributed by atoms with Crippen LogP contribution in [0.5, 0.6) is 11.5 Å². The maximum Gasteiger partial charge on any atom is 0.148 e. The fourth-order valence-corrected chi connectivity index (χ4v) is 3.81. The van der Waals surface area contributed by atoms with Gasteiger partial charge >= 0.3 is 0 Å². The molecule has 0 atom stereocenters. The predicted octanol–water partition coefficient (Wildman–Crippen LogP) is 3.71. The number of benzene rings is 2. The summed E-state index contributed by atoms with van der Waals surface area (Å²) in [5.41, 5.74) is 4.52. The van der Waals surface area contributed by atoms with Crippen molar-refractivity contribution >= 4 is 33.7 Å². The van der Waals surface area contributed by atoms with Gasteiger partial charge in [0.15, 0.2) is 0 Å². The predicted molar refractivity (Wildman–Crippen MR) is 127 cm³/mol. The van der Waals surface area contributed by atoms with E-state index in [1.165, 1.54) is 0 Å². The zero-order valence-corrected chi connectivity index (χ0v) is 18.7. The molecule has 10 heteroatoms. The largest absolute Gasteiger partial charge is 0.456 e. The van der Waals surface area contributed by atoms with Crippen molar-refractivity contribution in [3.05, 3.63) is 59.8 Å². The lowest BCUT2D eigenvalue weighted by Gasteiger charge is -2.10. The molecule has 0 saturated carbocycles. The summed E-state index contributed by atoms with van der Waals surface area (Å²) >= 11 is 6.68. The molecule has 0 bridgehead atoms.